The molecule has 1 N–H and O–H groups in total. The van der Waals surface area contributed by atoms with Crippen molar-refractivity contribution in [2.45, 2.75) is 11.8 Å². The summed E-state index contributed by atoms with van der Waals surface area (Å²) in [4.78, 5) is 8.43. The summed E-state index contributed by atoms with van der Waals surface area (Å²) in [5.41, 5.74) is 3.06. The molecule has 0 aliphatic carbocycles. The Hall–Kier alpha value is -3.89. The Balaban J connectivity index is 1.75. The summed E-state index contributed by atoms with van der Waals surface area (Å²) in [5.74, 6) is 6.67. The van der Waals surface area contributed by atoms with Crippen LogP contribution in [0, 0.1) is 18.8 Å². The van der Waals surface area contributed by atoms with Crippen molar-refractivity contribution >= 4 is 26.6 Å². The van der Waals surface area contributed by atoms with Crippen molar-refractivity contribution in [2.75, 3.05) is 11.8 Å². The highest BCUT2D eigenvalue weighted by Crippen LogP contribution is 2.30. The number of rotatable bonds is 4. The van der Waals surface area contributed by atoms with Gasteiger partial charge in [-0.2, -0.15) is 0 Å². The number of nitrogens with one attached hydrogen (secondary N) is 1. The first-order valence-corrected chi connectivity index (χ1v) is 10.9. The van der Waals surface area contributed by atoms with Gasteiger partial charge in [-0.1, -0.05) is 24.0 Å². The van der Waals surface area contributed by atoms with E-state index in [-0.39, 0.29) is 4.90 Å². The molecular formula is C24H19N3O3S. The van der Waals surface area contributed by atoms with E-state index in [0.717, 1.165) is 11.1 Å². The van der Waals surface area contributed by atoms with Crippen LogP contribution in [-0.2, 0) is 10.0 Å². The highest BCUT2D eigenvalue weighted by atomic mass is 32.2. The van der Waals surface area contributed by atoms with Gasteiger partial charge in [0, 0.05) is 35.1 Å². The Morgan fingerprint density at radius 1 is 0.935 bits per heavy atom. The third-order valence-electron chi connectivity index (χ3n) is 4.74. The molecule has 2 heterocycles. The summed E-state index contributed by atoms with van der Waals surface area (Å²) < 4.78 is 34.5. The lowest BCUT2D eigenvalue weighted by Crippen LogP contribution is -2.14. The first-order chi connectivity index (χ1) is 15.0. The number of benzene rings is 2. The van der Waals surface area contributed by atoms with Crippen LogP contribution in [0.25, 0.3) is 10.9 Å². The number of hydrogen-bond acceptors (Lipinski definition) is 5. The number of anilines is 1. The van der Waals surface area contributed by atoms with Crippen LogP contribution in [0.15, 0.2) is 78.1 Å². The van der Waals surface area contributed by atoms with Gasteiger partial charge in [-0.3, -0.25) is 14.7 Å². The molecule has 4 aromatic rings. The van der Waals surface area contributed by atoms with Gasteiger partial charge in [0.2, 0.25) is 0 Å². The largest absolute Gasteiger partial charge is 0.496 e. The van der Waals surface area contributed by atoms with Crippen molar-refractivity contribution in [1.82, 2.24) is 9.97 Å². The van der Waals surface area contributed by atoms with Gasteiger partial charge in [0.05, 0.1) is 18.3 Å². The van der Waals surface area contributed by atoms with E-state index in [1.165, 1.54) is 13.2 Å². The van der Waals surface area contributed by atoms with Gasteiger partial charge in [-0.25, -0.2) is 8.42 Å². The van der Waals surface area contributed by atoms with E-state index in [1.807, 2.05) is 19.1 Å². The number of ether oxygens (including phenoxy) is 1. The highest BCUT2D eigenvalue weighted by Gasteiger charge is 2.21. The summed E-state index contributed by atoms with van der Waals surface area (Å²) in [6.45, 7) is 1.95. The lowest BCUT2D eigenvalue weighted by Gasteiger charge is -2.13. The predicted octanol–water partition coefficient (Wildman–Crippen LogP) is 4.15. The predicted molar refractivity (Wildman–Crippen MR) is 120 cm³/mol. The Bertz CT molecular complexity index is 1440. The van der Waals surface area contributed by atoms with Crippen LogP contribution in [0.4, 0.5) is 5.69 Å². The summed E-state index contributed by atoms with van der Waals surface area (Å²) in [6, 6.07) is 15.5. The fraction of sp³-hybridized carbons (Fsp3) is 0.0833. The minimum Gasteiger partial charge on any atom is -0.496 e. The number of sulfonamides is 1. The molecule has 0 bridgehead atoms. The molecule has 0 aliphatic heterocycles. The Morgan fingerprint density at radius 2 is 1.74 bits per heavy atom. The smallest absolute Gasteiger partial charge is 0.264 e. The Labute approximate surface area is 181 Å². The molecule has 0 saturated heterocycles. The minimum absolute atomic E-state index is 0.0646. The SMILES string of the molecule is COc1ccc(S(=O)(=O)Nc2ccccc2C#Cc2cnccc2C)c2ncccc12. The zero-order chi connectivity index (χ0) is 21.8. The molecule has 7 heteroatoms. The lowest BCUT2D eigenvalue weighted by atomic mass is 10.1. The van der Waals surface area contributed by atoms with Gasteiger partial charge in [0.25, 0.3) is 10.0 Å². The zero-order valence-corrected chi connectivity index (χ0v) is 17.8. The molecule has 0 amide bonds. The monoisotopic (exact) mass is 429 g/mol. The van der Waals surface area contributed by atoms with E-state index < -0.39 is 10.0 Å². The van der Waals surface area contributed by atoms with Crippen molar-refractivity contribution in [3.8, 4) is 17.6 Å². The minimum atomic E-state index is -3.93. The summed E-state index contributed by atoms with van der Waals surface area (Å²) >= 11 is 0. The van der Waals surface area contributed by atoms with Gasteiger partial charge in [-0.15, -0.1) is 0 Å². The van der Waals surface area contributed by atoms with Crippen LogP contribution in [0.5, 0.6) is 5.75 Å². The maximum Gasteiger partial charge on any atom is 0.264 e. The number of fused-ring (bicyclic) bond motifs is 1. The molecule has 2 aromatic heterocycles. The average molecular weight is 430 g/mol. The second-order valence-electron chi connectivity index (χ2n) is 6.76. The maximum absolute atomic E-state index is 13.2. The molecule has 2 aromatic carbocycles. The van der Waals surface area contributed by atoms with Crippen LogP contribution in [0.2, 0.25) is 0 Å². The van der Waals surface area contributed by atoms with Gasteiger partial charge in [0.15, 0.2) is 0 Å². The number of para-hydroxylation sites is 1. The Kier molecular flexibility index (Phi) is 5.56. The van der Waals surface area contributed by atoms with Crippen LogP contribution in [-0.4, -0.2) is 25.5 Å². The molecule has 31 heavy (non-hydrogen) atoms. The molecule has 4 rings (SSSR count). The van der Waals surface area contributed by atoms with Gasteiger partial charge < -0.3 is 4.74 Å². The number of aryl methyl sites for hydroxylation is 1. The van der Waals surface area contributed by atoms with Crippen LogP contribution in [0.1, 0.15) is 16.7 Å². The molecule has 154 valence electrons. The normalized spacial score (nSPS) is 10.9. The summed E-state index contributed by atoms with van der Waals surface area (Å²) in [5, 5.41) is 0.619. The first kappa shape index (κ1) is 20.4. The molecule has 0 unspecified atom stereocenters. The quantitative estimate of drug-likeness (QED) is 0.493. The van der Waals surface area contributed by atoms with Gasteiger partial charge >= 0.3 is 0 Å². The number of aromatic nitrogens is 2. The second kappa shape index (κ2) is 8.46. The zero-order valence-electron chi connectivity index (χ0n) is 17.0. The van der Waals surface area contributed by atoms with Crippen LogP contribution in [0.3, 0.4) is 0 Å². The van der Waals surface area contributed by atoms with E-state index in [2.05, 4.69) is 26.5 Å². The standard InChI is InChI=1S/C24H19N3O3S/c1-17-13-15-25-16-19(17)10-9-18-6-3-4-8-21(18)27-31(28,29)23-12-11-22(30-2)20-7-5-14-26-24(20)23/h3-8,11-16,27H,1-2H3. The number of nitrogens with zero attached hydrogens (tertiary/aromatic N) is 2. The lowest BCUT2D eigenvalue weighted by molar-refractivity contribution is 0.419. The molecule has 0 aliphatic rings. The summed E-state index contributed by atoms with van der Waals surface area (Å²) in [7, 11) is -2.39. The summed E-state index contributed by atoms with van der Waals surface area (Å²) in [6.07, 6.45) is 4.94. The molecule has 6 nitrogen and oxygen atoms in total. The van der Waals surface area contributed by atoms with E-state index in [4.69, 9.17) is 4.74 Å². The number of hydrogen-bond donors (Lipinski definition) is 1. The molecular weight excluding hydrogens is 410 g/mol. The number of methoxy groups -OCH3 is 1. The van der Waals surface area contributed by atoms with Gasteiger partial charge in [0.1, 0.15) is 10.6 Å². The molecule has 0 spiro atoms. The van der Waals surface area contributed by atoms with Crippen molar-refractivity contribution in [2.24, 2.45) is 0 Å². The fourth-order valence-corrected chi connectivity index (χ4v) is 4.37. The van der Waals surface area contributed by atoms with E-state index in [1.54, 1.807) is 55.0 Å². The molecule has 0 saturated carbocycles. The third-order valence-corrected chi connectivity index (χ3v) is 6.14. The number of pyridine rings is 2. The van der Waals surface area contributed by atoms with Crippen molar-refractivity contribution in [3.05, 3.63) is 89.9 Å². The topological polar surface area (TPSA) is 81.2 Å². The van der Waals surface area contributed by atoms with Crippen molar-refractivity contribution in [1.29, 1.82) is 0 Å². The third kappa shape index (κ3) is 4.20. The Morgan fingerprint density at radius 3 is 2.55 bits per heavy atom. The van der Waals surface area contributed by atoms with E-state index in [9.17, 15) is 8.42 Å². The van der Waals surface area contributed by atoms with Crippen LogP contribution >= 0.6 is 0 Å². The van der Waals surface area contributed by atoms with Crippen molar-refractivity contribution in [3.63, 3.8) is 0 Å². The highest BCUT2D eigenvalue weighted by molar-refractivity contribution is 7.93. The molecule has 0 radical (unpaired) electrons. The second-order valence-corrected chi connectivity index (χ2v) is 8.41. The van der Waals surface area contributed by atoms with Gasteiger partial charge in [-0.05, 0) is 55.0 Å². The maximum atomic E-state index is 13.2. The van der Waals surface area contributed by atoms with E-state index in [0.29, 0.717) is 27.9 Å². The van der Waals surface area contributed by atoms with Crippen molar-refractivity contribution < 1.29 is 13.2 Å². The average Bonchev–Trinajstić information content (AvgIpc) is 2.78. The first-order valence-electron chi connectivity index (χ1n) is 9.46. The fourth-order valence-electron chi connectivity index (χ4n) is 3.13. The molecule has 0 atom stereocenters. The van der Waals surface area contributed by atoms with Crippen LogP contribution < -0.4 is 9.46 Å². The molecule has 0 fully saturated rings. The van der Waals surface area contributed by atoms with E-state index >= 15 is 0 Å².